The number of hydrogen-bond donors (Lipinski definition) is 4. The highest BCUT2D eigenvalue weighted by atomic mass is 16.6. The molecule has 2 fully saturated rings. The van der Waals surface area contributed by atoms with Gasteiger partial charge in [-0.05, 0) is 52.0 Å². The van der Waals surface area contributed by atoms with E-state index in [2.05, 4.69) is 30.9 Å². The van der Waals surface area contributed by atoms with Crippen molar-refractivity contribution < 1.29 is 14.6 Å². The lowest BCUT2D eigenvalue weighted by Crippen LogP contribution is -2.36. The molecule has 0 saturated heterocycles. The zero-order valence-corrected chi connectivity index (χ0v) is 17.6. The SMILES string of the molecule is CC(O)c1cc2c(Nc3cc([C@H]4CC[C@@H](OC(=O)NC5(C)CC5)C4)[nH]n3)nccn2n1. The second kappa shape index (κ2) is 7.52. The number of nitrogens with one attached hydrogen (secondary N) is 3. The number of aliphatic hydroxyl groups is 1. The number of aromatic amines is 1. The maximum Gasteiger partial charge on any atom is 0.407 e. The minimum atomic E-state index is -0.656. The molecule has 0 spiro atoms. The molecule has 5 rings (SSSR count). The Morgan fingerprint density at radius 3 is 3.00 bits per heavy atom. The Morgan fingerprint density at radius 2 is 2.23 bits per heavy atom. The first-order valence-corrected chi connectivity index (χ1v) is 10.7. The van der Waals surface area contributed by atoms with Crippen LogP contribution in [0.25, 0.3) is 5.52 Å². The van der Waals surface area contributed by atoms with Crippen LogP contribution in [0.4, 0.5) is 16.4 Å². The number of rotatable bonds is 6. The van der Waals surface area contributed by atoms with E-state index < -0.39 is 6.10 Å². The van der Waals surface area contributed by atoms with Crippen LogP contribution in [-0.4, -0.2) is 47.6 Å². The Hall–Kier alpha value is -3.14. The minimum absolute atomic E-state index is 0.0680. The number of aromatic nitrogens is 5. The fourth-order valence-electron chi connectivity index (χ4n) is 4.04. The van der Waals surface area contributed by atoms with Crippen LogP contribution in [0, 0.1) is 0 Å². The van der Waals surface area contributed by atoms with Crippen LogP contribution in [0.5, 0.6) is 0 Å². The highest BCUT2D eigenvalue weighted by molar-refractivity contribution is 5.72. The summed E-state index contributed by atoms with van der Waals surface area (Å²) in [7, 11) is 0. The predicted molar refractivity (Wildman–Crippen MR) is 113 cm³/mol. The van der Waals surface area contributed by atoms with Crippen LogP contribution < -0.4 is 10.6 Å². The zero-order chi connectivity index (χ0) is 21.6. The van der Waals surface area contributed by atoms with Crippen molar-refractivity contribution in [2.45, 2.75) is 69.6 Å². The van der Waals surface area contributed by atoms with Crippen molar-refractivity contribution in [2.75, 3.05) is 5.32 Å². The van der Waals surface area contributed by atoms with Gasteiger partial charge < -0.3 is 20.5 Å². The van der Waals surface area contributed by atoms with E-state index in [1.165, 1.54) is 0 Å². The summed E-state index contributed by atoms with van der Waals surface area (Å²) in [6, 6.07) is 3.77. The van der Waals surface area contributed by atoms with Crippen molar-refractivity contribution in [1.82, 2.24) is 30.1 Å². The quantitative estimate of drug-likeness (QED) is 0.477. The van der Waals surface area contributed by atoms with Gasteiger partial charge in [0.05, 0.1) is 11.8 Å². The summed E-state index contributed by atoms with van der Waals surface area (Å²) in [6.07, 6.45) is 6.93. The number of anilines is 2. The smallest absolute Gasteiger partial charge is 0.407 e. The molecule has 164 valence electrons. The van der Waals surface area contributed by atoms with Crippen LogP contribution in [0.2, 0.25) is 0 Å². The summed E-state index contributed by atoms with van der Waals surface area (Å²) >= 11 is 0. The molecular formula is C21H27N7O3. The number of carbonyl (C=O) groups excluding carboxylic acids is 1. The van der Waals surface area contributed by atoms with Gasteiger partial charge in [-0.2, -0.15) is 10.2 Å². The van der Waals surface area contributed by atoms with Gasteiger partial charge in [0, 0.05) is 35.6 Å². The fourth-order valence-corrected chi connectivity index (χ4v) is 4.04. The lowest BCUT2D eigenvalue weighted by atomic mass is 10.0. The van der Waals surface area contributed by atoms with Crippen molar-refractivity contribution in [3.63, 3.8) is 0 Å². The van der Waals surface area contributed by atoms with Crippen LogP contribution in [-0.2, 0) is 4.74 Å². The first-order valence-electron chi connectivity index (χ1n) is 10.7. The van der Waals surface area contributed by atoms with Gasteiger partial charge in [-0.25, -0.2) is 14.3 Å². The lowest BCUT2D eigenvalue weighted by molar-refractivity contribution is 0.0967. The molecule has 3 atom stereocenters. The number of amides is 1. The standard InChI is InChI=1S/C21H27N7O3/c1-12(29)15-10-17-19(22-7-8-28(17)27-15)23-18-11-16(25-26-18)13-3-4-14(9-13)31-20(30)24-21(2)5-6-21/h7-8,10-14,29H,3-6,9H2,1-2H3,(H,24,30)(H2,22,23,25,26)/t12?,13-,14+/m0/s1. The topological polar surface area (TPSA) is 129 Å². The number of aliphatic hydroxyl groups excluding tert-OH is 1. The Bertz CT molecular complexity index is 1100. The van der Waals surface area contributed by atoms with Crippen molar-refractivity contribution in [2.24, 2.45) is 0 Å². The molecule has 0 aliphatic heterocycles. The molecule has 2 aliphatic rings. The molecule has 31 heavy (non-hydrogen) atoms. The molecule has 0 radical (unpaired) electrons. The number of alkyl carbamates (subject to hydrolysis) is 1. The van der Waals surface area contributed by atoms with Gasteiger partial charge in [0.25, 0.3) is 0 Å². The highest BCUT2D eigenvalue weighted by Crippen LogP contribution is 2.37. The number of carbonyl (C=O) groups is 1. The van der Waals surface area contributed by atoms with Gasteiger partial charge in [0.15, 0.2) is 11.6 Å². The Labute approximate surface area is 179 Å². The summed E-state index contributed by atoms with van der Waals surface area (Å²) in [5.74, 6) is 1.52. The van der Waals surface area contributed by atoms with Gasteiger partial charge in [-0.15, -0.1) is 0 Å². The summed E-state index contributed by atoms with van der Waals surface area (Å²) in [5.41, 5.74) is 2.28. The second-order valence-corrected chi connectivity index (χ2v) is 8.91. The largest absolute Gasteiger partial charge is 0.446 e. The van der Waals surface area contributed by atoms with Gasteiger partial charge in [0.1, 0.15) is 11.6 Å². The summed E-state index contributed by atoms with van der Waals surface area (Å²) in [4.78, 5) is 16.5. The lowest BCUT2D eigenvalue weighted by Gasteiger charge is -2.16. The monoisotopic (exact) mass is 425 g/mol. The van der Waals surface area contributed by atoms with E-state index in [0.717, 1.165) is 43.3 Å². The van der Waals surface area contributed by atoms with Crippen molar-refractivity contribution in [3.8, 4) is 0 Å². The maximum absolute atomic E-state index is 12.1. The van der Waals surface area contributed by atoms with Crippen LogP contribution >= 0.6 is 0 Å². The van der Waals surface area contributed by atoms with Crippen molar-refractivity contribution in [3.05, 3.63) is 35.9 Å². The number of fused-ring (bicyclic) bond motifs is 1. The van der Waals surface area contributed by atoms with Crippen LogP contribution in [0.3, 0.4) is 0 Å². The Balaban J connectivity index is 1.23. The van der Waals surface area contributed by atoms with E-state index in [1.807, 2.05) is 13.0 Å². The number of ether oxygens (including phenoxy) is 1. The number of hydrogen-bond acceptors (Lipinski definition) is 7. The van der Waals surface area contributed by atoms with Gasteiger partial charge in [-0.1, -0.05) is 0 Å². The van der Waals surface area contributed by atoms with E-state index in [9.17, 15) is 9.90 Å². The van der Waals surface area contributed by atoms with Crippen LogP contribution in [0.1, 0.15) is 69.4 Å². The average Bonchev–Trinajstić information content (AvgIpc) is 3.17. The third-order valence-corrected chi connectivity index (χ3v) is 6.18. The van der Waals surface area contributed by atoms with Gasteiger partial charge >= 0.3 is 6.09 Å². The van der Waals surface area contributed by atoms with E-state index >= 15 is 0 Å². The first kappa shape index (κ1) is 19.8. The maximum atomic E-state index is 12.1. The second-order valence-electron chi connectivity index (χ2n) is 8.91. The van der Waals surface area contributed by atoms with Gasteiger partial charge in [-0.3, -0.25) is 5.10 Å². The van der Waals surface area contributed by atoms with Crippen LogP contribution in [0.15, 0.2) is 24.5 Å². The molecule has 3 aromatic heterocycles. The third kappa shape index (κ3) is 4.20. The molecule has 3 heterocycles. The molecule has 10 heteroatoms. The summed E-state index contributed by atoms with van der Waals surface area (Å²) < 4.78 is 7.29. The first-order chi connectivity index (χ1) is 14.9. The summed E-state index contributed by atoms with van der Waals surface area (Å²) in [6.45, 7) is 3.71. The van der Waals surface area contributed by atoms with E-state index in [4.69, 9.17) is 4.74 Å². The molecule has 10 nitrogen and oxygen atoms in total. The third-order valence-electron chi connectivity index (χ3n) is 6.18. The number of H-pyrrole nitrogens is 1. The Kier molecular flexibility index (Phi) is 4.81. The van der Waals surface area contributed by atoms with E-state index in [1.54, 1.807) is 29.9 Å². The molecule has 4 N–H and O–H groups in total. The zero-order valence-electron chi connectivity index (χ0n) is 17.6. The average molecular weight is 425 g/mol. The molecule has 0 bridgehead atoms. The molecule has 3 aromatic rings. The predicted octanol–water partition coefficient (Wildman–Crippen LogP) is 3.16. The van der Waals surface area contributed by atoms with Crippen molar-refractivity contribution >= 4 is 23.2 Å². The van der Waals surface area contributed by atoms with Crippen molar-refractivity contribution in [1.29, 1.82) is 0 Å². The molecule has 0 aromatic carbocycles. The molecular weight excluding hydrogens is 398 g/mol. The van der Waals surface area contributed by atoms with Gasteiger partial charge in [0.2, 0.25) is 0 Å². The number of nitrogens with zero attached hydrogens (tertiary/aromatic N) is 4. The molecule has 2 saturated carbocycles. The molecule has 1 amide bonds. The van der Waals surface area contributed by atoms with E-state index in [-0.39, 0.29) is 23.7 Å². The molecule has 1 unspecified atom stereocenters. The normalized spacial score (nSPS) is 22.9. The van der Waals surface area contributed by atoms with E-state index in [0.29, 0.717) is 17.3 Å². The summed E-state index contributed by atoms with van der Waals surface area (Å²) in [5, 5.41) is 27.8. The fraction of sp³-hybridized carbons (Fsp3) is 0.524. The Morgan fingerprint density at radius 1 is 1.39 bits per heavy atom. The highest BCUT2D eigenvalue weighted by Gasteiger charge is 2.40. The molecule has 2 aliphatic carbocycles. The minimum Gasteiger partial charge on any atom is -0.446 e.